The Morgan fingerprint density at radius 3 is 2.52 bits per heavy atom. The van der Waals surface area contributed by atoms with Crippen molar-refractivity contribution in [1.82, 2.24) is 9.55 Å². The van der Waals surface area contributed by atoms with Gasteiger partial charge in [-0.25, -0.2) is 0 Å². The molecule has 0 saturated heterocycles. The molecule has 3 nitrogen and oxygen atoms in total. The standard InChI is InChI=1S/C17H14N2OS/c20-17(21-15-8-10-18-11-9-15)16-7-4-12-19(16)13-14-5-2-1-3-6-14/h1-12H,13H2. The molecule has 0 saturated carbocycles. The molecule has 21 heavy (non-hydrogen) atoms. The van der Waals surface area contributed by atoms with Crippen LogP contribution in [0.25, 0.3) is 0 Å². The number of benzene rings is 1. The zero-order valence-electron chi connectivity index (χ0n) is 11.3. The van der Waals surface area contributed by atoms with E-state index in [2.05, 4.69) is 17.1 Å². The number of rotatable bonds is 4. The molecule has 0 bridgehead atoms. The van der Waals surface area contributed by atoms with Crippen molar-refractivity contribution in [1.29, 1.82) is 0 Å². The van der Waals surface area contributed by atoms with Crippen molar-refractivity contribution in [3.63, 3.8) is 0 Å². The van der Waals surface area contributed by atoms with Gasteiger partial charge in [0, 0.05) is 30.0 Å². The van der Waals surface area contributed by atoms with Crippen LogP contribution in [-0.2, 0) is 6.54 Å². The maximum Gasteiger partial charge on any atom is 0.240 e. The van der Waals surface area contributed by atoms with Crippen LogP contribution in [0.1, 0.15) is 16.1 Å². The first kappa shape index (κ1) is 13.6. The van der Waals surface area contributed by atoms with Crippen LogP contribution < -0.4 is 0 Å². The van der Waals surface area contributed by atoms with Gasteiger partial charge in [0.05, 0.1) is 5.69 Å². The number of carbonyl (C=O) groups is 1. The van der Waals surface area contributed by atoms with Crippen LogP contribution in [-0.4, -0.2) is 14.7 Å². The first-order valence-corrected chi connectivity index (χ1v) is 7.46. The van der Waals surface area contributed by atoms with Gasteiger partial charge in [-0.3, -0.25) is 9.78 Å². The maximum atomic E-state index is 12.4. The summed E-state index contributed by atoms with van der Waals surface area (Å²) in [4.78, 5) is 17.3. The van der Waals surface area contributed by atoms with Gasteiger partial charge in [-0.05, 0) is 41.6 Å². The monoisotopic (exact) mass is 294 g/mol. The normalized spacial score (nSPS) is 10.5. The second-order valence-corrected chi connectivity index (χ2v) is 5.63. The maximum absolute atomic E-state index is 12.4. The molecule has 1 aromatic carbocycles. The van der Waals surface area contributed by atoms with E-state index in [-0.39, 0.29) is 5.12 Å². The number of nitrogens with zero attached hydrogens (tertiary/aromatic N) is 2. The van der Waals surface area contributed by atoms with Crippen LogP contribution in [0.5, 0.6) is 0 Å². The molecule has 0 radical (unpaired) electrons. The molecular formula is C17H14N2OS. The summed E-state index contributed by atoms with van der Waals surface area (Å²) in [5, 5.41) is 0.0436. The third-order valence-corrected chi connectivity index (χ3v) is 4.00. The quantitative estimate of drug-likeness (QED) is 0.685. The Morgan fingerprint density at radius 2 is 1.76 bits per heavy atom. The average Bonchev–Trinajstić information content (AvgIpc) is 2.97. The van der Waals surface area contributed by atoms with E-state index in [1.54, 1.807) is 12.4 Å². The minimum absolute atomic E-state index is 0.0436. The van der Waals surface area contributed by atoms with Crippen molar-refractivity contribution in [2.75, 3.05) is 0 Å². The van der Waals surface area contributed by atoms with Gasteiger partial charge < -0.3 is 4.57 Å². The molecule has 0 amide bonds. The van der Waals surface area contributed by atoms with Gasteiger partial charge in [-0.2, -0.15) is 0 Å². The van der Waals surface area contributed by atoms with Crippen LogP contribution in [0.3, 0.4) is 0 Å². The zero-order valence-corrected chi connectivity index (χ0v) is 12.2. The predicted octanol–water partition coefficient (Wildman–Crippen LogP) is 3.86. The number of hydrogen-bond donors (Lipinski definition) is 0. The van der Waals surface area contributed by atoms with E-state index in [0.717, 1.165) is 4.90 Å². The molecule has 104 valence electrons. The minimum atomic E-state index is 0.0436. The van der Waals surface area contributed by atoms with Crippen LogP contribution >= 0.6 is 11.8 Å². The Kier molecular flexibility index (Phi) is 4.17. The molecule has 0 atom stereocenters. The van der Waals surface area contributed by atoms with Gasteiger partial charge in [0.2, 0.25) is 5.12 Å². The highest BCUT2D eigenvalue weighted by Gasteiger charge is 2.12. The highest BCUT2D eigenvalue weighted by molar-refractivity contribution is 8.14. The number of thioether (sulfide) groups is 1. The number of aromatic nitrogens is 2. The van der Waals surface area contributed by atoms with Gasteiger partial charge in [-0.1, -0.05) is 30.3 Å². The fourth-order valence-corrected chi connectivity index (χ4v) is 2.84. The SMILES string of the molecule is O=C(Sc1ccncc1)c1cccn1Cc1ccccc1. The minimum Gasteiger partial charge on any atom is -0.340 e. The molecule has 0 spiro atoms. The average molecular weight is 294 g/mol. The molecule has 0 unspecified atom stereocenters. The van der Waals surface area contributed by atoms with E-state index in [9.17, 15) is 4.79 Å². The predicted molar refractivity (Wildman–Crippen MR) is 84.4 cm³/mol. The van der Waals surface area contributed by atoms with E-state index in [4.69, 9.17) is 0 Å². The number of carbonyl (C=O) groups excluding carboxylic acids is 1. The Balaban J connectivity index is 1.77. The fourth-order valence-electron chi connectivity index (χ4n) is 2.08. The van der Waals surface area contributed by atoms with Crippen LogP contribution in [0.15, 0.2) is 78.1 Å². The third-order valence-electron chi connectivity index (χ3n) is 3.09. The van der Waals surface area contributed by atoms with E-state index in [1.807, 2.05) is 53.2 Å². The van der Waals surface area contributed by atoms with Crippen LogP contribution in [0.4, 0.5) is 0 Å². The van der Waals surface area contributed by atoms with Gasteiger partial charge in [0.15, 0.2) is 0 Å². The fraction of sp³-hybridized carbons (Fsp3) is 0.0588. The van der Waals surface area contributed by atoms with Crippen LogP contribution in [0.2, 0.25) is 0 Å². The molecule has 0 N–H and O–H groups in total. The Hall–Kier alpha value is -2.33. The van der Waals surface area contributed by atoms with E-state index < -0.39 is 0 Å². The summed E-state index contributed by atoms with van der Waals surface area (Å²) in [5.41, 5.74) is 1.89. The van der Waals surface area contributed by atoms with Gasteiger partial charge >= 0.3 is 0 Å². The first-order chi connectivity index (χ1) is 10.3. The smallest absolute Gasteiger partial charge is 0.240 e. The number of hydrogen-bond acceptors (Lipinski definition) is 3. The van der Waals surface area contributed by atoms with Crippen molar-refractivity contribution >= 4 is 16.9 Å². The Morgan fingerprint density at radius 1 is 1.00 bits per heavy atom. The molecule has 2 heterocycles. The van der Waals surface area contributed by atoms with E-state index in [0.29, 0.717) is 12.2 Å². The summed E-state index contributed by atoms with van der Waals surface area (Å²) in [7, 11) is 0. The molecular weight excluding hydrogens is 280 g/mol. The third kappa shape index (κ3) is 3.41. The summed E-state index contributed by atoms with van der Waals surface area (Å²) in [6.07, 6.45) is 5.32. The molecule has 0 aliphatic rings. The number of pyridine rings is 1. The first-order valence-electron chi connectivity index (χ1n) is 6.64. The van der Waals surface area contributed by atoms with E-state index >= 15 is 0 Å². The van der Waals surface area contributed by atoms with Crippen molar-refractivity contribution in [3.05, 3.63) is 84.4 Å². The zero-order chi connectivity index (χ0) is 14.5. The van der Waals surface area contributed by atoms with Crippen molar-refractivity contribution in [3.8, 4) is 0 Å². The van der Waals surface area contributed by atoms with Crippen molar-refractivity contribution in [2.45, 2.75) is 11.4 Å². The van der Waals surface area contributed by atoms with Gasteiger partial charge in [0.1, 0.15) is 0 Å². The van der Waals surface area contributed by atoms with Crippen LogP contribution in [0, 0.1) is 0 Å². The van der Waals surface area contributed by atoms with E-state index in [1.165, 1.54) is 17.3 Å². The van der Waals surface area contributed by atoms with Gasteiger partial charge in [-0.15, -0.1) is 0 Å². The lowest BCUT2D eigenvalue weighted by molar-refractivity contribution is 0.108. The summed E-state index contributed by atoms with van der Waals surface area (Å²) in [6, 6.07) is 17.6. The second kappa shape index (κ2) is 6.41. The van der Waals surface area contributed by atoms with Crippen molar-refractivity contribution < 1.29 is 4.79 Å². The van der Waals surface area contributed by atoms with Crippen molar-refractivity contribution in [2.24, 2.45) is 0 Å². The highest BCUT2D eigenvalue weighted by Crippen LogP contribution is 2.22. The topological polar surface area (TPSA) is 34.9 Å². The summed E-state index contributed by atoms with van der Waals surface area (Å²) in [6.45, 7) is 0.700. The Bertz CT molecular complexity index is 723. The summed E-state index contributed by atoms with van der Waals surface area (Å²) in [5.74, 6) is 0. The lowest BCUT2D eigenvalue weighted by Crippen LogP contribution is -2.06. The largest absolute Gasteiger partial charge is 0.340 e. The molecule has 0 fully saturated rings. The summed E-state index contributed by atoms with van der Waals surface area (Å²) < 4.78 is 1.98. The molecule has 3 aromatic rings. The van der Waals surface area contributed by atoms with Gasteiger partial charge in [0.25, 0.3) is 0 Å². The molecule has 3 rings (SSSR count). The lowest BCUT2D eigenvalue weighted by Gasteiger charge is -2.08. The Labute approximate surface area is 127 Å². The molecule has 0 aliphatic carbocycles. The highest BCUT2D eigenvalue weighted by atomic mass is 32.2. The second-order valence-electron chi connectivity index (χ2n) is 4.58. The molecule has 4 heteroatoms. The molecule has 2 aromatic heterocycles. The lowest BCUT2D eigenvalue weighted by atomic mass is 10.2. The summed E-state index contributed by atoms with van der Waals surface area (Å²) >= 11 is 1.23. The molecule has 0 aliphatic heterocycles.